The normalized spacial score (nSPS) is 26.0. The predicted molar refractivity (Wildman–Crippen MR) is 326 cm³/mol. The van der Waals surface area contributed by atoms with Crippen molar-refractivity contribution in [3.63, 3.8) is 0 Å². The molecule has 0 bridgehead atoms. The van der Waals surface area contributed by atoms with E-state index in [9.17, 15) is 38.4 Å². The first-order chi connectivity index (χ1) is 39.6. The zero-order chi connectivity index (χ0) is 64.7. The van der Waals surface area contributed by atoms with Crippen molar-refractivity contribution in [1.82, 2.24) is 50.7 Å². The molecule has 1 aromatic carbocycles. The second-order valence-corrected chi connectivity index (χ2v) is 31.1. The van der Waals surface area contributed by atoms with Crippen LogP contribution in [0.5, 0.6) is 5.75 Å². The van der Waals surface area contributed by atoms with Gasteiger partial charge >= 0.3 is 5.97 Å². The number of nitrogens with one attached hydrogen (secondary N) is 4. The minimum Gasteiger partial charge on any atom is -0.497 e. The molecule has 478 valence electrons. The van der Waals surface area contributed by atoms with Crippen LogP contribution in [-0.4, -0.2) is 219 Å². The molecule has 23 nitrogen and oxygen atoms in total. The average Bonchev–Trinajstić information content (AvgIpc) is 2.75. The number of cyclic esters (lactones) is 1. The molecule has 85 heavy (non-hydrogen) atoms. The maximum atomic E-state index is 15.3. The van der Waals surface area contributed by atoms with Crippen LogP contribution < -0.4 is 26.0 Å². The summed E-state index contributed by atoms with van der Waals surface area (Å²) in [5.41, 5.74) is 0.589. The van der Waals surface area contributed by atoms with E-state index in [0.29, 0.717) is 43.2 Å². The van der Waals surface area contributed by atoms with Gasteiger partial charge in [-0.25, -0.2) is 4.79 Å². The molecule has 10 amide bonds. The zero-order valence-electron chi connectivity index (χ0n) is 54.5. The number of piperidine rings is 1. The van der Waals surface area contributed by atoms with Crippen molar-refractivity contribution in [2.24, 2.45) is 29.6 Å². The van der Waals surface area contributed by atoms with E-state index in [4.69, 9.17) is 9.47 Å². The molecule has 0 radical (unpaired) electrons. The SMILES string of the molecule is CC[C@H](C)[C@H]1C(=O)NCC(=O)N(C)[C@@H](C(C)C)C(=O)N[C@@H](Cc2ccc(OC)cc2)C(=O)O[C@@H](C)C(=O)N2CCCC[C@H]2C(=O)N(C)[C@@H](C(C)C)C(=O)N[C@@H](C(C)C)C(=O)N(C)[C@@H](CC(=O)NC[Si](C)(C)C)C(=O)N(C)[C@@H]([C@@H](C)CC)C(=O)N1C. The fourth-order valence-electron chi connectivity index (χ4n) is 11.1. The first-order valence-electron chi connectivity index (χ1n) is 30.2. The lowest BCUT2D eigenvalue weighted by Crippen LogP contribution is -2.63. The number of esters is 1. The van der Waals surface area contributed by atoms with Gasteiger partial charge in [0.1, 0.15) is 54.1 Å². The first kappa shape index (κ1) is 72.7. The molecule has 4 N–H and O–H groups in total. The lowest BCUT2D eigenvalue weighted by atomic mass is 9.92. The minimum atomic E-state index is -1.88. The third-order valence-electron chi connectivity index (χ3n) is 16.6. The van der Waals surface area contributed by atoms with Gasteiger partial charge in [0.05, 0.1) is 28.1 Å². The average molecular weight is 1210 g/mol. The molecule has 3 rings (SSSR count). The monoisotopic (exact) mass is 1210 g/mol. The molecule has 2 fully saturated rings. The Morgan fingerprint density at radius 3 is 1.71 bits per heavy atom. The van der Waals surface area contributed by atoms with Crippen LogP contribution in [0.2, 0.25) is 19.6 Å². The molecule has 0 spiro atoms. The number of hydrogen-bond acceptors (Lipinski definition) is 13. The van der Waals surface area contributed by atoms with Gasteiger partial charge in [0.25, 0.3) is 5.91 Å². The van der Waals surface area contributed by atoms with Crippen molar-refractivity contribution in [3.05, 3.63) is 29.8 Å². The summed E-state index contributed by atoms with van der Waals surface area (Å²) in [5.74, 6) is -9.83. The highest BCUT2D eigenvalue weighted by molar-refractivity contribution is 6.76. The molecular weight excluding hydrogens is 1110 g/mol. The summed E-state index contributed by atoms with van der Waals surface area (Å²) in [7, 11) is 6.69. The van der Waals surface area contributed by atoms with Gasteiger partial charge in [-0.2, -0.15) is 0 Å². The number of nitrogens with zero attached hydrogens (tertiary/aromatic N) is 6. The number of amides is 10. The highest BCUT2D eigenvalue weighted by atomic mass is 28.3. The van der Waals surface area contributed by atoms with Gasteiger partial charge in [-0.1, -0.05) is 114 Å². The molecule has 0 aromatic heterocycles. The number of benzene rings is 1. The number of carbonyl (C=O) groups excluding carboxylic acids is 11. The molecule has 0 saturated carbocycles. The second-order valence-electron chi connectivity index (χ2n) is 25.6. The fourth-order valence-corrected chi connectivity index (χ4v) is 11.8. The van der Waals surface area contributed by atoms with Crippen LogP contribution in [-0.2, 0) is 63.9 Å². The van der Waals surface area contributed by atoms with Crippen molar-refractivity contribution < 1.29 is 62.2 Å². The predicted octanol–water partition coefficient (Wildman–Crippen LogP) is 3.23. The summed E-state index contributed by atoms with van der Waals surface area (Å²) in [6, 6.07) is -3.34. The molecule has 2 saturated heterocycles. The third kappa shape index (κ3) is 19.2. The van der Waals surface area contributed by atoms with E-state index in [1.54, 1.807) is 79.7 Å². The minimum absolute atomic E-state index is 0.108. The van der Waals surface area contributed by atoms with Crippen LogP contribution in [0.15, 0.2) is 24.3 Å². The van der Waals surface area contributed by atoms with Gasteiger partial charge in [0.2, 0.25) is 53.2 Å². The van der Waals surface area contributed by atoms with Crippen LogP contribution in [0.25, 0.3) is 0 Å². The molecule has 11 atom stereocenters. The Kier molecular flexibility index (Phi) is 27.6. The van der Waals surface area contributed by atoms with Crippen LogP contribution in [0.4, 0.5) is 0 Å². The van der Waals surface area contributed by atoms with Crippen LogP contribution in [0.1, 0.15) is 120 Å². The lowest BCUT2D eigenvalue weighted by molar-refractivity contribution is -0.165. The van der Waals surface area contributed by atoms with Crippen LogP contribution in [0, 0.1) is 29.6 Å². The Balaban J connectivity index is 2.31. The van der Waals surface area contributed by atoms with Crippen molar-refractivity contribution in [1.29, 1.82) is 0 Å². The van der Waals surface area contributed by atoms with Gasteiger partial charge in [-0.3, -0.25) is 47.9 Å². The summed E-state index contributed by atoms with van der Waals surface area (Å²) in [5, 5.41) is 11.3. The first-order valence-corrected chi connectivity index (χ1v) is 33.9. The number of hydrogen-bond donors (Lipinski definition) is 4. The lowest BCUT2D eigenvalue weighted by Gasteiger charge is -2.41. The summed E-state index contributed by atoms with van der Waals surface area (Å²) in [6.07, 6.45) is 0.379. The van der Waals surface area contributed by atoms with Crippen molar-refractivity contribution in [3.8, 4) is 5.75 Å². The Morgan fingerprint density at radius 1 is 0.647 bits per heavy atom. The number of likely N-dealkylation sites (N-methyl/N-ethyl adjacent to an activating group) is 5. The Labute approximate surface area is 506 Å². The van der Waals surface area contributed by atoms with E-state index in [2.05, 4.69) is 40.9 Å². The highest BCUT2D eigenvalue weighted by Crippen LogP contribution is 2.27. The van der Waals surface area contributed by atoms with Gasteiger partial charge in [-0.15, -0.1) is 0 Å². The van der Waals surface area contributed by atoms with Crippen LogP contribution in [0.3, 0.4) is 0 Å². The number of rotatable bonds is 14. The van der Waals surface area contributed by atoms with E-state index in [1.807, 2.05) is 13.8 Å². The maximum absolute atomic E-state index is 15.3. The topological polar surface area (TPSA) is 274 Å². The van der Waals surface area contributed by atoms with Gasteiger partial charge < -0.3 is 60.1 Å². The zero-order valence-corrected chi connectivity index (χ0v) is 55.5. The smallest absolute Gasteiger partial charge is 0.329 e. The molecule has 1 aromatic rings. The summed E-state index contributed by atoms with van der Waals surface area (Å²) < 4.78 is 11.2. The molecule has 2 aliphatic rings. The van der Waals surface area contributed by atoms with E-state index in [-0.39, 0.29) is 19.4 Å². The maximum Gasteiger partial charge on any atom is 0.329 e. The largest absolute Gasteiger partial charge is 0.497 e. The third-order valence-corrected chi connectivity index (χ3v) is 17.9. The van der Waals surface area contributed by atoms with Crippen molar-refractivity contribution in [2.75, 3.05) is 61.6 Å². The van der Waals surface area contributed by atoms with Gasteiger partial charge in [0.15, 0.2) is 6.10 Å². The van der Waals surface area contributed by atoms with E-state index >= 15 is 14.4 Å². The van der Waals surface area contributed by atoms with Crippen molar-refractivity contribution >= 4 is 73.1 Å². The molecule has 0 unspecified atom stereocenters. The van der Waals surface area contributed by atoms with E-state index in [1.165, 1.54) is 73.8 Å². The number of fused-ring (bicyclic) bond motifs is 1. The Hall–Kier alpha value is -6.59. The molecule has 2 aliphatic heterocycles. The molecule has 0 aliphatic carbocycles. The quantitative estimate of drug-likeness (QED) is 0.154. The standard InChI is InChI=1S/C61H102N10O13Si/c1-21-38(9)51-53(74)62-33-47(73)67(13)49(36(5)6)54(75)64-43(31-41-26-28-42(83-17)29-27-41)61(82)84-40(11)56(77)71-30-24-23-25-44(71)57(78)68(14)50(37(7)8)55(76)65-48(35(3)4)59(80)66(12)45(32-46(72)63-34-85(18,19)20)58(79)70(16)52(39(10)22-2)60(81)69(51)15/h26-29,35-40,43-45,48-52H,21-25,30-34H2,1-20H3,(H,62,74)(H,63,72)(H,64,75)(H,65,76)/t38-,39-,40-,43-,44-,45-,48-,49-,50-,51-,52-/m0/s1. The van der Waals surface area contributed by atoms with Crippen LogP contribution >= 0.6 is 0 Å². The summed E-state index contributed by atoms with van der Waals surface area (Å²) >= 11 is 0. The van der Waals surface area contributed by atoms with Gasteiger partial charge in [0, 0.05) is 54.4 Å². The summed E-state index contributed by atoms with van der Waals surface area (Å²) in [4.78, 5) is 168. The molecule has 2 heterocycles. The molecule has 24 heteroatoms. The Bertz CT molecular complexity index is 2520. The van der Waals surface area contributed by atoms with E-state index < -0.39 is 170 Å². The number of carbonyl (C=O) groups is 11. The number of ether oxygens (including phenoxy) is 2. The van der Waals surface area contributed by atoms with E-state index in [0.717, 1.165) is 4.90 Å². The molecular formula is C61H102N10O13Si. The highest BCUT2D eigenvalue weighted by Gasteiger charge is 2.46. The van der Waals surface area contributed by atoms with Gasteiger partial charge in [-0.05, 0) is 73.5 Å². The number of methoxy groups -OCH3 is 1. The summed E-state index contributed by atoms with van der Waals surface area (Å²) in [6.45, 7) is 24.6. The Morgan fingerprint density at radius 2 is 1.18 bits per heavy atom. The second kappa shape index (κ2) is 32.2. The van der Waals surface area contributed by atoms with Crippen molar-refractivity contribution in [2.45, 2.75) is 195 Å². The fraction of sp³-hybridized carbons (Fsp3) is 0.721.